The van der Waals surface area contributed by atoms with Gasteiger partial charge in [-0.2, -0.15) is 31.3 Å². The summed E-state index contributed by atoms with van der Waals surface area (Å²) >= 11 is 1.37. The van der Waals surface area contributed by atoms with Crippen molar-refractivity contribution in [2.75, 3.05) is 25.6 Å². The normalized spacial score (nSPS) is 11.4. The number of alkyl halides is 6. The third-order valence-corrected chi connectivity index (χ3v) is 7.83. The highest BCUT2D eigenvalue weighted by Crippen LogP contribution is 2.25. The van der Waals surface area contributed by atoms with E-state index in [2.05, 4.69) is 34.6 Å². The van der Waals surface area contributed by atoms with Crippen LogP contribution in [0.15, 0.2) is 113 Å². The van der Waals surface area contributed by atoms with Gasteiger partial charge in [0.2, 0.25) is 0 Å². The smallest absolute Gasteiger partial charge is 0.422 e. The Morgan fingerprint density at radius 3 is 1.50 bits per heavy atom. The Hall–Kier alpha value is -6.31. The molecule has 0 saturated carbocycles. The van der Waals surface area contributed by atoms with Gasteiger partial charge in [-0.25, -0.2) is 29.5 Å². The van der Waals surface area contributed by atoms with Crippen molar-refractivity contribution in [3.05, 3.63) is 119 Å². The highest BCUT2D eigenvalue weighted by Gasteiger charge is 2.29. The molecule has 13 nitrogen and oxygen atoms in total. The van der Waals surface area contributed by atoms with Gasteiger partial charge < -0.3 is 14.2 Å². The molecule has 4 heterocycles. The molecule has 0 bridgehead atoms. The van der Waals surface area contributed by atoms with Crippen LogP contribution >= 0.6 is 11.8 Å². The molecule has 0 N–H and O–H groups in total. The molecule has 20 heteroatoms. The molecule has 2 aromatic carbocycles. The van der Waals surface area contributed by atoms with Gasteiger partial charge in [-0.15, -0.1) is 0 Å². The lowest BCUT2D eigenvalue weighted by atomic mass is 10.2. The molecule has 0 saturated heterocycles. The molecular weight excluding hydrogens is 771 g/mol. The average molecular weight is 801 g/mol. The Kier molecular flexibility index (Phi) is 13.4. The molecule has 0 amide bonds. The fourth-order valence-electron chi connectivity index (χ4n) is 4.71. The maximum absolute atomic E-state index is 12.7. The van der Waals surface area contributed by atoms with E-state index in [1.807, 2.05) is 6.92 Å². The minimum absolute atomic E-state index is 0.0256. The van der Waals surface area contributed by atoms with Crippen molar-refractivity contribution >= 4 is 11.8 Å². The first kappa shape index (κ1) is 40.9. The van der Waals surface area contributed by atoms with Gasteiger partial charge in [0, 0.05) is 24.5 Å². The maximum Gasteiger partial charge on any atom is 0.422 e. The molecule has 6 rings (SSSR count). The molecule has 0 spiro atoms. The summed E-state index contributed by atoms with van der Waals surface area (Å²) in [6.07, 6.45) is -3.06. The van der Waals surface area contributed by atoms with E-state index in [9.17, 15) is 35.9 Å². The van der Waals surface area contributed by atoms with Crippen molar-refractivity contribution in [3.8, 4) is 51.7 Å². The van der Waals surface area contributed by atoms with Gasteiger partial charge in [0.05, 0.1) is 40.8 Å². The third-order valence-electron chi connectivity index (χ3n) is 7.01. The standard InChI is InChI=1S/C18H15F3N4O3.C18H15F3N4O2S/c1-2-27-17-24-15(14-7-8-22-11-23-14)9-16(26)25(17)12-3-5-13(6-4-12)28-10-18(19,20)21;1-2-28-17-24-15(14-7-8-22-11-23-14)9-16(26)25(17)12-3-5-13(6-4-12)27-10-18(19,20)21/h2*3-9,11H,2,10H2,1H3. The van der Waals surface area contributed by atoms with Crippen LogP contribution in [0.5, 0.6) is 17.5 Å². The van der Waals surface area contributed by atoms with E-state index >= 15 is 0 Å². The molecule has 0 unspecified atom stereocenters. The maximum atomic E-state index is 12.7. The van der Waals surface area contributed by atoms with Crippen molar-refractivity contribution in [3.63, 3.8) is 0 Å². The van der Waals surface area contributed by atoms with Crippen LogP contribution in [0.1, 0.15) is 13.8 Å². The second-order valence-electron chi connectivity index (χ2n) is 11.0. The number of halogens is 6. The molecular formula is C36H30F6N8O5S. The third kappa shape index (κ3) is 11.4. The number of rotatable bonds is 12. The minimum Gasteiger partial charge on any atom is -0.484 e. The van der Waals surface area contributed by atoms with Crippen LogP contribution in [0, 0.1) is 0 Å². The predicted molar refractivity (Wildman–Crippen MR) is 192 cm³/mol. The molecule has 0 fully saturated rings. The average Bonchev–Trinajstić information content (AvgIpc) is 3.17. The van der Waals surface area contributed by atoms with Gasteiger partial charge in [0.25, 0.3) is 11.1 Å². The van der Waals surface area contributed by atoms with Crippen LogP contribution in [0.25, 0.3) is 34.2 Å². The zero-order valence-electron chi connectivity index (χ0n) is 29.4. The lowest BCUT2D eigenvalue weighted by Crippen LogP contribution is -2.22. The van der Waals surface area contributed by atoms with E-state index in [-0.39, 0.29) is 29.7 Å². The second kappa shape index (κ2) is 18.3. The Labute approximate surface area is 318 Å². The van der Waals surface area contributed by atoms with Crippen molar-refractivity contribution in [1.82, 2.24) is 39.0 Å². The summed E-state index contributed by atoms with van der Waals surface area (Å²) in [7, 11) is 0. The monoisotopic (exact) mass is 800 g/mol. The van der Waals surface area contributed by atoms with Crippen molar-refractivity contribution in [1.29, 1.82) is 0 Å². The first-order valence-electron chi connectivity index (χ1n) is 16.4. The molecule has 0 aliphatic rings. The van der Waals surface area contributed by atoms with Gasteiger partial charge in [-0.05, 0) is 73.3 Å². The molecule has 0 aliphatic carbocycles. The van der Waals surface area contributed by atoms with E-state index in [1.54, 1.807) is 25.3 Å². The Morgan fingerprint density at radius 2 is 1.07 bits per heavy atom. The van der Waals surface area contributed by atoms with E-state index in [0.717, 1.165) is 0 Å². The van der Waals surface area contributed by atoms with Crippen LogP contribution in [-0.2, 0) is 0 Å². The van der Waals surface area contributed by atoms with Crippen LogP contribution < -0.4 is 25.3 Å². The molecule has 0 radical (unpaired) electrons. The lowest BCUT2D eigenvalue weighted by Gasteiger charge is -2.14. The molecule has 292 valence electrons. The summed E-state index contributed by atoms with van der Waals surface area (Å²) in [5.74, 6) is 0.758. The van der Waals surface area contributed by atoms with Crippen LogP contribution in [0.4, 0.5) is 26.3 Å². The molecule has 4 aromatic heterocycles. The van der Waals surface area contributed by atoms with E-state index < -0.39 is 31.1 Å². The number of nitrogens with zero attached hydrogens (tertiary/aromatic N) is 8. The van der Waals surface area contributed by atoms with E-state index in [4.69, 9.17) is 9.47 Å². The summed E-state index contributed by atoms with van der Waals surface area (Å²) in [4.78, 5) is 50.1. The first-order chi connectivity index (χ1) is 26.7. The SMILES string of the molecule is CCOc1nc(-c2ccncn2)cc(=O)n1-c1ccc(OCC(F)(F)F)cc1.CCSc1nc(-c2ccncn2)cc(=O)n1-c1ccc(OCC(F)(F)F)cc1. The lowest BCUT2D eigenvalue weighted by molar-refractivity contribution is -0.154. The van der Waals surface area contributed by atoms with Crippen molar-refractivity contribution in [2.45, 2.75) is 31.4 Å². The van der Waals surface area contributed by atoms with Crippen LogP contribution in [-0.4, -0.2) is 77.0 Å². The fraction of sp³-hybridized carbons (Fsp3) is 0.222. The summed E-state index contributed by atoms with van der Waals surface area (Å²) in [5.41, 5.74) is 1.79. The summed E-state index contributed by atoms with van der Waals surface area (Å²) in [6.45, 7) is 1.14. The highest BCUT2D eigenvalue weighted by molar-refractivity contribution is 7.99. The summed E-state index contributed by atoms with van der Waals surface area (Å²) in [6, 6.07) is 17.3. The van der Waals surface area contributed by atoms with Crippen molar-refractivity contribution < 1.29 is 40.6 Å². The summed E-state index contributed by atoms with van der Waals surface area (Å²) in [5, 5.41) is 0.451. The van der Waals surface area contributed by atoms with Crippen LogP contribution in [0.2, 0.25) is 0 Å². The largest absolute Gasteiger partial charge is 0.484 e. The summed E-state index contributed by atoms with van der Waals surface area (Å²) < 4.78 is 91.0. The fourth-order valence-corrected chi connectivity index (χ4v) is 5.46. The predicted octanol–water partition coefficient (Wildman–Crippen LogP) is 6.77. The van der Waals surface area contributed by atoms with Gasteiger partial charge in [0.1, 0.15) is 24.2 Å². The van der Waals surface area contributed by atoms with Gasteiger partial charge >= 0.3 is 18.4 Å². The van der Waals surface area contributed by atoms with Crippen LogP contribution in [0.3, 0.4) is 0 Å². The zero-order chi connectivity index (χ0) is 40.3. The quantitative estimate of drug-likeness (QED) is 0.0731. The molecule has 56 heavy (non-hydrogen) atoms. The van der Waals surface area contributed by atoms with Gasteiger partial charge in [-0.3, -0.25) is 14.2 Å². The van der Waals surface area contributed by atoms with E-state index in [0.29, 0.717) is 45.1 Å². The number of aromatic nitrogens is 8. The number of hydrogen-bond donors (Lipinski definition) is 0. The van der Waals surface area contributed by atoms with Crippen molar-refractivity contribution in [2.24, 2.45) is 0 Å². The van der Waals surface area contributed by atoms with Gasteiger partial charge in [0.15, 0.2) is 18.4 Å². The van der Waals surface area contributed by atoms with Gasteiger partial charge in [-0.1, -0.05) is 18.7 Å². The first-order valence-corrected chi connectivity index (χ1v) is 17.4. The zero-order valence-corrected chi connectivity index (χ0v) is 30.2. The molecule has 0 aliphatic heterocycles. The number of hydrogen-bond acceptors (Lipinski definition) is 12. The van der Waals surface area contributed by atoms with E-state index in [1.165, 1.54) is 100 Å². The molecule has 0 atom stereocenters. The highest BCUT2D eigenvalue weighted by atomic mass is 32.2. The number of benzene rings is 2. The topological polar surface area (TPSA) is 149 Å². The minimum atomic E-state index is -4.43. The second-order valence-corrected chi connectivity index (χ2v) is 12.3. The Bertz CT molecular complexity index is 2150. The Balaban J connectivity index is 0.000000214. The Morgan fingerprint density at radius 1 is 0.607 bits per heavy atom. The number of ether oxygens (including phenoxy) is 3. The molecule has 6 aromatic rings. The number of thioether (sulfide) groups is 1.